The fourth-order valence-electron chi connectivity index (χ4n) is 6.12. The molecule has 6 heteroatoms. The zero-order valence-corrected chi connectivity index (χ0v) is 18.4. The van der Waals surface area contributed by atoms with Crippen LogP contribution in [0.15, 0.2) is 54.6 Å². The number of benzene rings is 2. The summed E-state index contributed by atoms with van der Waals surface area (Å²) in [5, 5.41) is 10.7. The number of piperidine rings is 1. The topological polar surface area (TPSA) is 70.1 Å². The van der Waals surface area contributed by atoms with E-state index in [9.17, 15) is 14.7 Å². The fraction of sp³-hybridized carbons (Fsp3) is 0.462. The molecule has 1 aliphatic carbocycles. The van der Waals surface area contributed by atoms with Crippen LogP contribution < -0.4 is 4.90 Å². The molecule has 0 spiro atoms. The second-order valence-electron chi connectivity index (χ2n) is 9.24. The van der Waals surface area contributed by atoms with Crippen molar-refractivity contribution in [1.82, 2.24) is 4.90 Å². The molecule has 0 radical (unpaired) electrons. The van der Waals surface area contributed by atoms with Crippen LogP contribution in [0.3, 0.4) is 0 Å². The van der Waals surface area contributed by atoms with Gasteiger partial charge < -0.3 is 9.84 Å². The quantitative estimate of drug-likeness (QED) is 0.731. The SMILES string of the molecule is COC(=O)[C@@H]1[C@H]2C[C@H]3c4ccccc4N(c4ccccc4)C(=O)CCN3C[C@@H]2CC[C@@H]1O. The molecule has 2 fully saturated rings. The molecule has 3 aliphatic rings. The maximum Gasteiger partial charge on any atom is 0.311 e. The van der Waals surface area contributed by atoms with Crippen LogP contribution in [0.1, 0.15) is 37.3 Å². The third-order valence-corrected chi connectivity index (χ3v) is 7.61. The Morgan fingerprint density at radius 2 is 1.81 bits per heavy atom. The van der Waals surface area contributed by atoms with E-state index in [-0.39, 0.29) is 23.8 Å². The first-order valence-corrected chi connectivity index (χ1v) is 11.6. The number of para-hydroxylation sites is 2. The lowest BCUT2D eigenvalue weighted by atomic mass is 9.65. The summed E-state index contributed by atoms with van der Waals surface area (Å²) in [7, 11) is 1.41. The monoisotopic (exact) mass is 434 g/mol. The Morgan fingerprint density at radius 3 is 2.59 bits per heavy atom. The first-order valence-electron chi connectivity index (χ1n) is 11.6. The first kappa shape index (κ1) is 21.2. The van der Waals surface area contributed by atoms with Gasteiger partial charge in [-0.05, 0) is 54.9 Å². The normalized spacial score (nSPS) is 30.4. The summed E-state index contributed by atoms with van der Waals surface area (Å²) in [4.78, 5) is 30.2. The van der Waals surface area contributed by atoms with Crippen molar-refractivity contribution >= 4 is 23.3 Å². The maximum absolute atomic E-state index is 13.3. The van der Waals surface area contributed by atoms with Crippen molar-refractivity contribution in [2.75, 3.05) is 25.1 Å². The smallest absolute Gasteiger partial charge is 0.311 e. The van der Waals surface area contributed by atoms with Crippen LogP contribution in [-0.2, 0) is 14.3 Å². The highest BCUT2D eigenvalue weighted by Gasteiger charge is 2.49. The minimum absolute atomic E-state index is 0.0702. The average Bonchev–Trinajstić information content (AvgIpc) is 2.82. The van der Waals surface area contributed by atoms with Crippen molar-refractivity contribution < 1.29 is 19.4 Å². The molecule has 1 N–H and O–H groups in total. The van der Waals surface area contributed by atoms with E-state index in [4.69, 9.17) is 4.74 Å². The Morgan fingerprint density at radius 1 is 1.06 bits per heavy atom. The number of aliphatic hydroxyl groups is 1. The van der Waals surface area contributed by atoms with Crippen molar-refractivity contribution in [3.05, 3.63) is 60.2 Å². The Hall–Kier alpha value is -2.70. The Balaban J connectivity index is 1.56. The molecular formula is C26H30N2O4. The zero-order valence-electron chi connectivity index (χ0n) is 18.4. The van der Waals surface area contributed by atoms with Gasteiger partial charge in [0.05, 0.1) is 24.8 Å². The largest absolute Gasteiger partial charge is 0.469 e. The summed E-state index contributed by atoms with van der Waals surface area (Å²) < 4.78 is 5.08. The van der Waals surface area contributed by atoms with Gasteiger partial charge in [-0.1, -0.05) is 36.4 Å². The highest BCUT2D eigenvalue weighted by atomic mass is 16.5. The predicted octanol–water partition coefficient (Wildman–Crippen LogP) is 3.68. The molecule has 0 bridgehead atoms. The van der Waals surface area contributed by atoms with E-state index in [1.807, 2.05) is 53.4 Å². The summed E-state index contributed by atoms with van der Waals surface area (Å²) in [6.45, 7) is 1.53. The van der Waals surface area contributed by atoms with Crippen LogP contribution >= 0.6 is 0 Å². The molecule has 2 aromatic rings. The number of carbonyl (C=O) groups excluding carboxylic acids is 2. The minimum Gasteiger partial charge on any atom is -0.469 e. The van der Waals surface area contributed by atoms with Gasteiger partial charge >= 0.3 is 5.97 Å². The van der Waals surface area contributed by atoms with Crippen molar-refractivity contribution in [3.63, 3.8) is 0 Å². The molecule has 0 unspecified atom stereocenters. The van der Waals surface area contributed by atoms with Crippen LogP contribution in [-0.4, -0.2) is 48.2 Å². The molecular weight excluding hydrogens is 404 g/mol. The molecule has 2 aliphatic heterocycles. The number of hydrogen-bond acceptors (Lipinski definition) is 5. The van der Waals surface area contributed by atoms with Crippen molar-refractivity contribution in [2.24, 2.45) is 17.8 Å². The number of rotatable bonds is 2. The van der Waals surface area contributed by atoms with E-state index in [0.29, 0.717) is 25.3 Å². The first-order chi connectivity index (χ1) is 15.6. The van der Waals surface area contributed by atoms with Crippen molar-refractivity contribution in [3.8, 4) is 0 Å². The summed E-state index contributed by atoms with van der Waals surface area (Å²) >= 11 is 0. The summed E-state index contributed by atoms with van der Waals surface area (Å²) in [6, 6.07) is 18.0. The summed E-state index contributed by atoms with van der Waals surface area (Å²) in [6.07, 6.45) is 2.09. The van der Waals surface area contributed by atoms with Crippen LogP contribution in [0.2, 0.25) is 0 Å². The highest BCUT2D eigenvalue weighted by molar-refractivity contribution is 6.01. The van der Waals surface area contributed by atoms with Gasteiger partial charge in [-0.3, -0.25) is 19.4 Å². The van der Waals surface area contributed by atoms with Gasteiger partial charge in [-0.15, -0.1) is 0 Å². The van der Waals surface area contributed by atoms with E-state index in [1.165, 1.54) is 7.11 Å². The molecule has 5 atom stereocenters. The molecule has 0 aromatic heterocycles. The van der Waals surface area contributed by atoms with Gasteiger partial charge in [-0.2, -0.15) is 0 Å². The van der Waals surface area contributed by atoms with E-state index in [2.05, 4.69) is 11.0 Å². The number of esters is 1. The van der Waals surface area contributed by atoms with Crippen molar-refractivity contribution in [1.29, 1.82) is 0 Å². The van der Waals surface area contributed by atoms with E-state index < -0.39 is 12.0 Å². The number of carbonyl (C=O) groups is 2. The lowest BCUT2D eigenvalue weighted by Crippen LogP contribution is -2.53. The molecule has 32 heavy (non-hydrogen) atoms. The number of aliphatic hydroxyl groups excluding tert-OH is 1. The number of nitrogens with zero attached hydrogens (tertiary/aromatic N) is 2. The van der Waals surface area contributed by atoms with Crippen LogP contribution in [0, 0.1) is 17.8 Å². The van der Waals surface area contributed by atoms with Gasteiger partial charge in [0.1, 0.15) is 0 Å². The minimum atomic E-state index is -0.651. The molecule has 1 amide bonds. The maximum atomic E-state index is 13.3. The lowest BCUT2D eigenvalue weighted by Gasteiger charge is -2.51. The van der Waals surface area contributed by atoms with Gasteiger partial charge in [-0.25, -0.2) is 0 Å². The average molecular weight is 435 g/mol. The van der Waals surface area contributed by atoms with E-state index >= 15 is 0 Å². The summed E-state index contributed by atoms with van der Waals surface area (Å²) in [5.41, 5.74) is 2.88. The standard InChI is InChI=1S/C26H30N2O4/c1-32-26(31)25-20-15-22-19-9-5-6-10-21(19)28(18-7-3-2-4-8-18)24(30)13-14-27(22)16-17(20)11-12-23(25)29/h2-10,17,20,22-23,25,29H,11-16H2,1H3/t17-,20-,22-,23-,25+/m0/s1. The number of amides is 1. The Kier molecular flexibility index (Phi) is 5.74. The Labute approximate surface area is 188 Å². The number of ether oxygens (including phenoxy) is 1. The molecule has 2 aromatic carbocycles. The fourth-order valence-corrected chi connectivity index (χ4v) is 6.12. The van der Waals surface area contributed by atoms with Crippen molar-refractivity contribution in [2.45, 2.75) is 37.8 Å². The van der Waals surface area contributed by atoms with E-state index in [1.54, 1.807) is 0 Å². The molecule has 168 valence electrons. The Bertz CT molecular complexity index is 994. The zero-order chi connectivity index (χ0) is 22.2. The number of anilines is 2. The lowest BCUT2D eigenvalue weighted by molar-refractivity contribution is -0.160. The molecule has 1 saturated heterocycles. The van der Waals surface area contributed by atoms with E-state index in [0.717, 1.165) is 36.3 Å². The van der Waals surface area contributed by atoms with Gasteiger partial charge in [0.15, 0.2) is 0 Å². The number of fused-ring (bicyclic) bond motifs is 4. The van der Waals surface area contributed by atoms with Gasteiger partial charge in [0.2, 0.25) is 5.91 Å². The molecule has 2 heterocycles. The van der Waals surface area contributed by atoms with Crippen LogP contribution in [0.25, 0.3) is 0 Å². The molecule has 1 saturated carbocycles. The summed E-state index contributed by atoms with van der Waals surface area (Å²) in [5.74, 6) is -0.298. The predicted molar refractivity (Wildman–Crippen MR) is 121 cm³/mol. The second-order valence-corrected chi connectivity index (χ2v) is 9.24. The second kappa shape index (κ2) is 8.68. The number of hydrogen-bond donors (Lipinski definition) is 1. The molecule has 6 nitrogen and oxygen atoms in total. The third-order valence-electron chi connectivity index (χ3n) is 7.61. The molecule has 5 rings (SSSR count). The van der Waals surface area contributed by atoms with Gasteiger partial charge in [0.25, 0.3) is 0 Å². The van der Waals surface area contributed by atoms with Crippen LogP contribution in [0.5, 0.6) is 0 Å². The van der Waals surface area contributed by atoms with Crippen LogP contribution in [0.4, 0.5) is 11.4 Å². The highest BCUT2D eigenvalue weighted by Crippen LogP contribution is 2.49. The third kappa shape index (κ3) is 3.61. The van der Waals surface area contributed by atoms with Gasteiger partial charge in [0, 0.05) is 31.2 Å². The number of methoxy groups -OCH3 is 1.